The average Bonchev–Trinajstić information content (AvgIpc) is 3.51. The van der Waals surface area contributed by atoms with E-state index in [9.17, 15) is 19.1 Å². The minimum Gasteiger partial charge on any atom is -0.475 e. The number of fused-ring (bicyclic) bond motifs is 2. The molecule has 200 valence electrons. The van der Waals surface area contributed by atoms with Gasteiger partial charge in [0.1, 0.15) is 36.9 Å². The van der Waals surface area contributed by atoms with Crippen LogP contribution in [0.5, 0.6) is 5.88 Å². The summed E-state index contributed by atoms with van der Waals surface area (Å²) in [7, 11) is 0.316. The van der Waals surface area contributed by atoms with E-state index >= 15 is 0 Å². The molecule has 1 atom stereocenters. The lowest BCUT2D eigenvalue weighted by atomic mass is 9.99. The second kappa shape index (κ2) is 9.94. The number of nitrogens with zero attached hydrogens (tertiary/aromatic N) is 7. The molecule has 0 aromatic carbocycles. The predicted molar refractivity (Wildman–Crippen MR) is 138 cm³/mol. The molecule has 1 aliphatic rings. The molecule has 0 saturated heterocycles. The van der Waals surface area contributed by atoms with Crippen LogP contribution in [0, 0.1) is 11.3 Å². The normalized spacial score (nSPS) is 15.6. The first kappa shape index (κ1) is 26.0. The number of aliphatic hydroxyl groups excluding tert-OH is 1. The van der Waals surface area contributed by atoms with Crippen molar-refractivity contribution in [2.45, 2.75) is 51.5 Å². The molecule has 4 aromatic heterocycles. The number of hydrogen-bond donors (Lipinski definition) is 1. The van der Waals surface area contributed by atoms with Crippen LogP contribution >= 0.6 is 0 Å². The fourth-order valence-electron chi connectivity index (χ4n) is 4.66. The lowest BCUT2D eigenvalue weighted by molar-refractivity contribution is 0.0555. The fourth-order valence-corrected chi connectivity index (χ4v) is 5.42. The van der Waals surface area contributed by atoms with Crippen LogP contribution in [0.3, 0.4) is 0 Å². The highest BCUT2D eigenvalue weighted by Crippen LogP contribution is 2.48. The number of nitriles is 1. The highest BCUT2D eigenvalue weighted by molar-refractivity contribution is 6.76. The Balaban J connectivity index is 1.80. The number of aliphatic hydroxyl groups is 1. The van der Waals surface area contributed by atoms with E-state index in [4.69, 9.17) is 9.47 Å². The predicted octanol–water partition coefficient (Wildman–Crippen LogP) is 4.18. The molecular formula is C25H29F2N7O3Si. The molecule has 0 bridgehead atoms. The summed E-state index contributed by atoms with van der Waals surface area (Å²) < 4.78 is 45.4. The van der Waals surface area contributed by atoms with E-state index in [1.54, 1.807) is 30.1 Å². The van der Waals surface area contributed by atoms with Crippen molar-refractivity contribution in [3.8, 4) is 34.3 Å². The standard InChI is InChI=1S/C25H29F2N7O3Si/c1-32-12-17(18(10-28)30-32)19-16-6-5-7-29-24(16)33(14-36-8-9-38(2,3)4)22(19)20-21(23(26)27)31-34-11-15(35)13-37-25(20)34/h5-7,12,15,23,35H,8-9,11,13-14H2,1-4H3. The molecular weight excluding hydrogens is 512 g/mol. The maximum Gasteiger partial charge on any atom is 0.282 e. The van der Waals surface area contributed by atoms with Crippen molar-refractivity contribution >= 4 is 19.1 Å². The summed E-state index contributed by atoms with van der Waals surface area (Å²) in [6.45, 7) is 7.26. The molecule has 5 heterocycles. The number of alkyl halides is 2. The Bertz CT molecular complexity index is 1530. The Kier molecular flexibility index (Phi) is 6.80. The number of pyridine rings is 1. The van der Waals surface area contributed by atoms with Gasteiger partial charge in [-0.1, -0.05) is 19.6 Å². The number of ether oxygens (including phenoxy) is 2. The largest absolute Gasteiger partial charge is 0.475 e. The summed E-state index contributed by atoms with van der Waals surface area (Å²) >= 11 is 0. The van der Waals surface area contributed by atoms with Gasteiger partial charge in [-0.2, -0.15) is 15.5 Å². The van der Waals surface area contributed by atoms with E-state index < -0.39 is 26.3 Å². The topological polar surface area (TPSA) is 116 Å². The molecule has 0 aliphatic carbocycles. The number of aryl methyl sites for hydroxylation is 1. The molecule has 1 N–H and O–H groups in total. The molecule has 10 nitrogen and oxygen atoms in total. The first-order chi connectivity index (χ1) is 18.1. The van der Waals surface area contributed by atoms with E-state index in [0.717, 1.165) is 6.04 Å². The molecule has 0 saturated carbocycles. The monoisotopic (exact) mass is 541 g/mol. The first-order valence-electron chi connectivity index (χ1n) is 12.3. The summed E-state index contributed by atoms with van der Waals surface area (Å²) in [6.07, 6.45) is -0.491. The van der Waals surface area contributed by atoms with Crippen LogP contribution in [0.25, 0.3) is 33.4 Å². The summed E-state index contributed by atoms with van der Waals surface area (Å²) in [4.78, 5) is 4.57. The lowest BCUT2D eigenvalue weighted by Crippen LogP contribution is -2.30. The SMILES string of the molecule is Cn1cc(-c2c(-c3c(C(F)F)nn4c3OCC(O)C4)n(COCC[Si](C)(C)C)c3ncccc23)c(C#N)n1. The molecule has 1 unspecified atom stereocenters. The molecule has 0 amide bonds. The summed E-state index contributed by atoms with van der Waals surface area (Å²) in [5, 5.41) is 29.0. The zero-order chi connectivity index (χ0) is 27.2. The first-order valence-corrected chi connectivity index (χ1v) is 16.0. The molecule has 1 aliphatic heterocycles. The van der Waals surface area contributed by atoms with Crippen LogP contribution in [-0.4, -0.2) is 61.6 Å². The Morgan fingerprint density at radius 2 is 2.08 bits per heavy atom. The van der Waals surface area contributed by atoms with E-state index in [1.807, 2.05) is 6.07 Å². The zero-order valence-electron chi connectivity index (χ0n) is 21.6. The van der Waals surface area contributed by atoms with Gasteiger partial charge in [-0.15, -0.1) is 0 Å². The Morgan fingerprint density at radius 1 is 1.29 bits per heavy atom. The third-order valence-corrected chi connectivity index (χ3v) is 8.12. The van der Waals surface area contributed by atoms with E-state index in [0.29, 0.717) is 34.5 Å². The molecule has 5 rings (SSSR count). The van der Waals surface area contributed by atoms with Crippen LogP contribution in [0.15, 0.2) is 24.5 Å². The van der Waals surface area contributed by atoms with E-state index in [1.165, 1.54) is 9.36 Å². The third kappa shape index (κ3) is 4.70. The fraction of sp³-hybridized carbons (Fsp3) is 0.440. The average molecular weight is 542 g/mol. The van der Waals surface area contributed by atoms with Gasteiger partial charge in [0, 0.05) is 50.6 Å². The van der Waals surface area contributed by atoms with Crippen LogP contribution in [0.4, 0.5) is 8.78 Å². The lowest BCUT2D eigenvalue weighted by Gasteiger charge is -2.21. The number of hydrogen-bond acceptors (Lipinski definition) is 7. The van der Waals surface area contributed by atoms with Crippen LogP contribution in [-0.2, 0) is 25.1 Å². The summed E-state index contributed by atoms with van der Waals surface area (Å²) in [5.74, 6) is 0.125. The second-order valence-electron chi connectivity index (χ2n) is 10.6. The second-order valence-corrected chi connectivity index (χ2v) is 16.2. The number of rotatable bonds is 8. The molecule has 4 aromatic rings. The van der Waals surface area contributed by atoms with Gasteiger partial charge in [0.25, 0.3) is 6.43 Å². The van der Waals surface area contributed by atoms with E-state index in [2.05, 4.69) is 40.9 Å². The number of halogens is 2. The van der Waals surface area contributed by atoms with Crippen LogP contribution in [0.2, 0.25) is 25.7 Å². The Labute approximate surface area is 219 Å². The molecule has 38 heavy (non-hydrogen) atoms. The van der Waals surface area contributed by atoms with Gasteiger partial charge in [-0.25, -0.2) is 18.4 Å². The van der Waals surface area contributed by atoms with Crippen molar-refractivity contribution in [1.82, 2.24) is 29.1 Å². The maximum absolute atomic E-state index is 14.5. The van der Waals surface area contributed by atoms with Crippen LogP contribution in [0.1, 0.15) is 17.8 Å². The third-order valence-electron chi connectivity index (χ3n) is 6.41. The molecule has 0 radical (unpaired) electrons. The minimum atomic E-state index is -2.92. The summed E-state index contributed by atoms with van der Waals surface area (Å²) in [5.41, 5.74) is 1.59. The highest BCUT2D eigenvalue weighted by Gasteiger charge is 2.36. The highest BCUT2D eigenvalue weighted by atomic mass is 28.3. The summed E-state index contributed by atoms with van der Waals surface area (Å²) in [6, 6.07) is 6.62. The quantitative estimate of drug-likeness (QED) is 0.263. The Morgan fingerprint density at radius 3 is 2.79 bits per heavy atom. The zero-order valence-corrected chi connectivity index (χ0v) is 22.6. The van der Waals surface area contributed by atoms with Gasteiger partial charge in [0.2, 0.25) is 5.88 Å². The van der Waals surface area contributed by atoms with Crippen molar-refractivity contribution in [3.05, 3.63) is 35.9 Å². The van der Waals surface area contributed by atoms with Crippen molar-refractivity contribution in [1.29, 1.82) is 5.26 Å². The maximum atomic E-state index is 14.5. The van der Waals surface area contributed by atoms with Gasteiger partial charge in [0.05, 0.1) is 17.8 Å². The van der Waals surface area contributed by atoms with Gasteiger partial charge >= 0.3 is 0 Å². The van der Waals surface area contributed by atoms with Gasteiger partial charge < -0.3 is 19.1 Å². The smallest absolute Gasteiger partial charge is 0.282 e. The Hall–Kier alpha value is -3.60. The molecule has 0 fully saturated rings. The van der Waals surface area contributed by atoms with Gasteiger partial charge in [-0.3, -0.25) is 4.68 Å². The van der Waals surface area contributed by atoms with Crippen molar-refractivity contribution in [2.24, 2.45) is 7.05 Å². The van der Waals surface area contributed by atoms with Crippen molar-refractivity contribution in [2.75, 3.05) is 13.2 Å². The van der Waals surface area contributed by atoms with E-state index in [-0.39, 0.29) is 37.0 Å². The van der Waals surface area contributed by atoms with Crippen molar-refractivity contribution < 1.29 is 23.4 Å². The number of aromatic nitrogens is 6. The molecule has 0 spiro atoms. The minimum absolute atomic E-state index is 0.0198. The van der Waals surface area contributed by atoms with Gasteiger partial charge in [-0.05, 0) is 18.2 Å². The van der Waals surface area contributed by atoms with Gasteiger partial charge in [0.15, 0.2) is 5.69 Å². The van der Waals surface area contributed by atoms with Crippen LogP contribution < -0.4 is 4.74 Å². The molecule has 13 heteroatoms. The van der Waals surface area contributed by atoms with Crippen molar-refractivity contribution in [3.63, 3.8) is 0 Å².